The predicted octanol–water partition coefficient (Wildman–Crippen LogP) is 5.45. The van der Waals surface area contributed by atoms with Crippen molar-refractivity contribution in [3.63, 3.8) is 0 Å². The number of aliphatic hydroxyl groups excluding tert-OH is 4. The standard InChI is InChI=1S/C44H56O12/c1-5-9-53-37-25-13-27-19-34(42(47)48)21-29(38(27)54-10-6-2)15-31-23-36(44(51)52)24-32(40(31)56-12-8-4)16-30-22-35(43(49)50)20-28(39(30)55-11-7-3)14-26(37)18-33(17-25)41(45)46/h17-24,41-52H,5-16H2,1-4H3. The highest BCUT2D eigenvalue weighted by molar-refractivity contribution is 5.59. The summed E-state index contributed by atoms with van der Waals surface area (Å²) in [6.07, 6.45) is -4.15. The van der Waals surface area contributed by atoms with Gasteiger partial charge >= 0.3 is 0 Å². The molecule has 0 radical (unpaired) electrons. The molecule has 0 saturated carbocycles. The molecule has 304 valence electrons. The van der Waals surface area contributed by atoms with Gasteiger partial charge in [-0.2, -0.15) is 0 Å². The van der Waals surface area contributed by atoms with E-state index in [1.165, 1.54) is 0 Å². The average molecular weight is 777 g/mol. The summed E-state index contributed by atoms with van der Waals surface area (Å²) in [4.78, 5) is 0. The van der Waals surface area contributed by atoms with Crippen LogP contribution in [0.1, 0.15) is 145 Å². The Morgan fingerprint density at radius 2 is 0.500 bits per heavy atom. The van der Waals surface area contributed by atoms with Crippen LogP contribution in [0, 0.1) is 0 Å². The van der Waals surface area contributed by atoms with Gasteiger partial charge in [-0.05, 0) is 119 Å². The molecule has 56 heavy (non-hydrogen) atoms. The largest absolute Gasteiger partial charge is 0.493 e. The van der Waals surface area contributed by atoms with Crippen molar-refractivity contribution in [3.8, 4) is 23.0 Å². The van der Waals surface area contributed by atoms with Crippen LogP contribution in [0.5, 0.6) is 23.0 Å². The molecule has 0 spiro atoms. The molecule has 0 aliphatic heterocycles. The molecule has 12 nitrogen and oxygen atoms in total. The normalized spacial score (nSPS) is 12.9. The average Bonchev–Trinajstić information content (AvgIpc) is 3.15. The molecule has 0 heterocycles. The summed E-state index contributed by atoms with van der Waals surface area (Å²) in [7, 11) is 0. The van der Waals surface area contributed by atoms with Crippen molar-refractivity contribution in [2.75, 3.05) is 26.4 Å². The van der Waals surface area contributed by atoms with Crippen LogP contribution >= 0.6 is 0 Å². The molecule has 0 atom stereocenters. The number of aliphatic hydroxyl groups is 8. The zero-order valence-corrected chi connectivity index (χ0v) is 32.6. The monoisotopic (exact) mass is 776 g/mol. The highest BCUT2D eigenvalue weighted by Gasteiger charge is 2.26. The minimum atomic E-state index is -1.84. The molecule has 4 aromatic carbocycles. The zero-order chi connectivity index (χ0) is 40.5. The van der Waals surface area contributed by atoms with Crippen molar-refractivity contribution >= 4 is 0 Å². The van der Waals surface area contributed by atoms with Gasteiger partial charge in [0, 0.05) is 47.9 Å². The molecule has 5 rings (SSSR count). The Kier molecular flexibility index (Phi) is 15.1. The minimum Gasteiger partial charge on any atom is -0.493 e. The molecule has 8 bridgehead atoms. The number of hydrogen-bond acceptors (Lipinski definition) is 12. The van der Waals surface area contributed by atoms with E-state index in [0.717, 1.165) is 0 Å². The Morgan fingerprint density at radius 1 is 0.339 bits per heavy atom. The van der Waals surface area contributed by atoms with E-state index in [2.05, 4.69) is 0 Å². The van der Waals surface area contributed by atoms with Crippen LogP contribution < -0.4 is 18.9 Å². The van der Waals surface area contributed by atoms with Gasteiger partial charge in [-0.3, -0.25) is 0 Å². The fraction of sp³-hybridized carbons (Fsp3) is 0.455. The van der Waals surface area contributed by atoms with E-state index < -0.39 is 25.2 Å². The van der Waals surface area contributed by atoms with E-state index in [1.54, 1.807) is 48.5 Å². The van der Waals surface area contributed by atoms with Crippen LogP contribution in [0.25, 0.3) is 0 Å². The predicted molar refractivity (Wildman–Crippen MR) is 209 cm³/mol. The van der Waals surface area contributed by atoms with Crippen molar-refractivity contribution in [1.29, 1.82) is 0 Å². The van der Waals surface area contributed by atoms with Gasteiger partial charge in [-0.1, -0.05) is 27.7 Å². The summed E-state index contributed by atoms with van der Waals surface area (Å²) in [6, 6.07) is 13.2. The maximum atomic E-state index is 10.6. The lowest BCUT2D eigenvalue weighted by atomic mass is 9.88. The second kappa shape index (κ2) is 19.8. The fourth-order valence-electron chi connectivity index (χ4n) is 7.15. The summed E-state index contributed by atoms with van der Waals surface area (Å²) in [5, 5.41) is 84.5. The van der Waals surface area contributed by atoms with Crippen molar-refractivity contribution in [2.45, 2.75) is 104 Å². The van der Waals surface area contributed by atoms with Crippen molar-refractivity contribution in [1.82, 2.24) is 0 Å². The van der Waals surface area contributed by atoms with Gasteiger partial charge in [0.15, 0.2) is 25.2 Å². The van der Waals surface area contributed by atoms with Crippen molar-refractivity contribution < 1.29 is 59.8 Å². The molecule has 0 aromatic heterocycles. The van der Waals surface area contributed by atoms with Crippen LogP contribution in [0.3, 0.4) is 0 Å². The van der Waals surface area contributed by atoms with E-state index in [9.17, 15) is 40.9 Å². The van der Waals surface area contributed by atoms with Gasteiger partial charge in [0.1, 0.15) is 23.0 Å². The maximum Gasteiger partial charge on any atom is 0.178 e. The van der Waals surface area contributed by atoms with E-state index >= 15 is 0 Å². The van der Waals surface area contributed by atoms with Gasteiger partial charge in [0.05, 0.1) is 26.4 Å². The number of ether oxygens (including phenoxy) is 4. The Labute approximate surface area is 328 Å². The zero-order valence-electron chi connectivity index (χ0n) is 32.6. The van der Waals surface area contributed by atoms with E-state index in [0.29, 0.717) is 120 Å². The molecule has 8 N–H and O–H groups in total. The lowest BCUT2D eigenvalue weighted by Gasteiger charge is -2.25. The Morgan fingerprint density at radius 3 is 0.625 bits per heavy atom. The molecule has 0 fully saturated rings. The molecule has 4 aromatic rings. The first-order valence-corrected chi connectivity index (χ1v) is 19.5. The summed E-state index contributed by atoms with van der Waals surface area (Å²) in [5.41, 5.74) is 5.45. The maximum absolute atomic E-state index is 10.6. The lowest BCUT2D eigenvalue weighted by molar-refractivity contribution is -0.0431. The highest BCUT2D eigenvalue weighted by Crippen LogP contribution is 2.42. The smallest absolute Gasteiger partial charge is 0.178 e. The summed E-state index contributed by atoms with van der Waals surface area (Å²) in [6.45, 7) is 9.27. The number of fused-ring (bicyclic) bond motifs is 8. The second-order valence-corrected chi connectivity index (χ2v) is 14.3. The first-order valence-electron chi connectivity index (χ1n) is 19.5. The molecule has 12 heteroatoms. The van der Waals surface area contributed by atoms with Crippen LogP contribution in [-0.4, -0.2) is 67.3 Å². The van der Waals surface area contributed by atoms with E-state index in [-0.39, 0.29) is 47.9 Å². The van der Waals surface area contributed by atoms with Crippen molar-refractivity contribution in [3.05, 3.63) is 115 Å². The molecule has 0 amide bonds. The third-order valence-electron chi connectivity index (χ3n) is 9.58. The Balaban J connectivity index is 1.95. The first kappa shape index (κ1) is 42.9. The molecule has 0 saturated heterocycles. The number of benzene rings is 4. The lowest BCUT2D eigenvalue weighted by Crippen LogP contribution is -2.13. The third kappa shape index (κ3) is 10.2. The van der Waals surface area contributed by atoms with Gasteiger partial charge in [-0.15, -0.1) is 0 Å². The van der Waals surface area contributed by atoms with Crippen LogP contribution in [0.15, 0.2) is 48.5 Å². The Bertz CT molecular complexity index is 1560. The molecule has 0 unspecified atom stereocenters. The summed E-state index contributed by atoms with van der Waals surface area (Å²) < 4.78 is 25.8. The van der Waals surface area contributed by atoms with E-state index in [1.807, 2.05) is 27.7 Å². The highest BCUT2D eigenvalue weighted by atomic mass is 16.5. The quantitative estimate of drug-likeness (QED) is 0.0591. The van der Waals surface area contributed by atoms with Crippen LogP contribution in [-0.2, 0) is 25.7 Å². The topological polar surface area (TPSA) is 199 Å². The first-order chi connectivity index (χ1) is 26.9. The van der Waals surface area contributed by atoms with Crippen LogP contribution in [0.2, 0.25) is 0 Å². The van der Waals surface area contributed by atoms with Crippen LogP contribution in [0.4, 0.5) is 0 Å². The van der Waals surface area contributed by atoms with E-state index in [4.69, 9.17) is 18.9 Å². The molecular weight excluding hydrogens is 720 g/mol. The molecular formula is C44H56O12. The fourth-order valence-corrected chi connectivity index (χ4v) is 7.15. The number of rotatable bonds is 16. The SMILES string of the molecule is CCCOc1c2cc(C(O)O)cc1Cc1cc(C(O)O)cc(c1OCCC)Cc1cc(C(O)O)cc(c1OCCC)Cc1cc(C(O)O)cc(c1OCCC)C2. The Hall–Kier alpha value is -4.24. The number of hydrogen-bond donors (Lipinski definition) is 8. The van der Waals surface area contributed by atoms with Gasteiger partial charge in [-0.25, -0.2) is 0 Å². The minimum absolute atomic E-state index is 0.124. The summed E-state index contributed by atoms with van der Waals surface area (Å²) >= 11 is 0. The van der Waals surface area contributed by atoms with Crippen molar-refractivity contribution in [2.24, 2.45) is 0 Å². The van der Waals surface area contributed by atoms with Gasteiger partial charge < -0.3 is 59.8 Å². The van der Waals surface area contributed by atoms with Gasteiger partial charge in [0.25, 0.3) is 0 Å². The molecule has 1 aliphatic rings. The summed E-state index contributed by atoms with van der Waals surface area (Å²) in [5.74, 6) is 1.95. The molecule has 1 aliphatic carbocycles. The third-order valence-corrected chi connectivity index (χ3v) is 9.58. The second-order valence-electron chi connectivity index (χ2n) is 14.3. The van der Waals surface area contributed by atoms with Gasteiger partial charge in [0.2, 0.25) is 0 Å².